The Bertz CT molecular complexity index is 541. The maximum absolute atomic E-state index is 5.91. The van der Waals surface area contributed by atoms with Crippen molar-refractivity contribution in [3.63, 3.8) is 0 Å². The van der Waals surface area contributed by atoms with Crippen LogP contribution in [-0.2, 0) is 4.74 Å². The van der Waals surface area contributed by atoms with Crippen molar-refractivity contribution >= 4 is 16.6 Å². The zero-order valence-corrected chi connectivity index (χ0v) is 10.0. The zero-order chi connectivity index (χ0) is 11.8. The van der Waals surface area contributed by atoms with Gasteiger partial charge < -0.3 is 10.5 Å². The molecule has 0 saturated carbocycles. The van der Waals surface area contributed by atoms with Crippen molar-refractivity contribution in [3.05, 3.63) is 23.9 Å². The Labute approximate surface area is 100 Å². The van der Waals surface area contributed by atoms with Gasteiger partial charge in [0.1, 0.15) is 0 Å². The highest BCUT2D eigenvalue weighted by Crippen LogP contribution is 2.29. The third kappa shape index (κ3) is 1.69. The van der Waals surface area contributed by atoms with Gasteiger partial charge >= 0.3 is 0 Å². The molecular formula is C13H17N3O. The monoisotopic (exact) mass is 231 g/mol. The Balaban J connectivity index is 2.08. The highest BCUT2D eigenvalue weighted by molar-refractivity contribution is 5.86. The van der Waals surface area contributed by atoms with Gasteiger partial charge in [-0.25, -0.2) is 4.68 Å². The van der Waals surface area contributed by atoms with E-state index in [4.69, 9.17) is 10.5 Å². The quantitative estimate of drug-likeness (QED) is 0.767. The first-order valence-corrected chi connectivity index (χ1v) is 6.11. The molecule has 2 N–H and O–H groups in total. The normalized spacial score (nSPS) is 20.9. The molecule has 1 atom stereocenters. The van der Waals surface area contributed by atoms with Gasteiger partial charge in [-0.15, -0.1) is 0 Å². The smallest absolute Gasteiger partial charge is 0.150 e. The molecule has 2 heterocycles. The van der Waals surface area contributed by atoms with Crippen LogP contribution in [0.2, 0.25) is 0 Å². The van der Waals surface area contributed by atoms with E-state index in [1.165, 1.54) is 6.42 Å². The van der Waals surface area contributed by atoms with Gasteiger partial charge in [0.05, 0.1) is 11.7 Å². The van der Waals surface area contributed by atoms with Crippen LogP contribution >= 0.6 is 0 Å². The average molecular weight is 231 g/mol. The lowest BCUT2D eigenvalue weighted by molar-refractivity contribution is -0.0366. The lowest BCUT2D eigenvalue weighted by Gasteiger charge is -2.23. The first-order valence-electron chi connectivity index (χ1n) is 6.11. The van der Waals surface area contributed by atoms with Crippen LogP contribution in [0.3, 0.4) is 0 Å². The molecule has 3 rings (SSSR count). The minimum Gasteiger partial charge on any atom is -0.398 e. The molecule has 1 unspecified atom stereocenters. The molecule has 2 aromatic rings. The first-order chi connectivity index (χ1) is 8.27. The second-order valence-corrected chi connectivity index (χ2v) is 4.62. The largest absolute Gasteiger partial charge is 0.398 e. The second kappa shape index (κ2) is 4.04. The van der Waals surface area contributed by atoms with Crippen LogP contribution in [0.5, 0.6) is 0 Å². The predicted molar refractivity (Wildman–Crippen MR) is 67.7 cm³/mol. The predicted octanol–water partition coefficient (Wildman–Crippen LogP) is 2.63. The Morgan fingerprint density at radius 3 is 3.06 bits per heavy atom. The van der Waals surface area contributed by atoms with Gasteiger partial charge in [-0.2, -0.15) is 5.10 Å². The summed E-state index contributed by atoms with van der Waals surface area (Å²) < 4.78 is 7.76. The third-order valence-corrected chi connectivity index (χ3v) is 3.52. The molecule has 4 heteroatoms. The van der Waals surface area contributed by atoms with E-state index >= 15 is 0 Å². The van der Waals surface area contributed by atoms with E-state index in [1.807, 2.05) is 29.9 Å². The Kier molecular flexibility index (Phi) is 2.52. The summed E-state index contributed by atoms with van der Waals surface area (Å²) in [6, 6.07) is 3.97. The zero-order valence-electron chi connectivity index (χ0n) is 10.0. The van der Waals surface area contributed by atoms with Gasteiger partial charge in [-0.1, -0.05) is 0 Å². The van der Waals surface area contributed by atoms with Gasteiger partial charge in [0.15, 0.2) is 6.23 Å². The number of nitrogens with zero attached hydrogens (tertiary/aromatic N) is 2. The van der Waals surface area contributed by atoms with Crippen molar-refractivity contribution in [2.45, 2.75) is 32.4 Å². The Morgan fingerprint density at radius 1 is 1.41 bits per heavy atom. The molecule has 17 heavy (non-hydrogen) atoms. The molecule has 1 aromatic heterocycles. The summed E-state index contributed by atoms with van der Waals surface area (Å²) in [5, 5.41) is 5.58. The van der Waals surface area contributed by atoms with Crippen molar-refractivity contribution in [1.82, 2.24) is 9.78 Å². The molecule has 1 aliphatic rings. The number of nitrogen functional groups attached to an aromatic ring is 1. The molecule has 0 amide bonds. The van der Waals surface area contributed by atoms with E-state index < -0.39 is 0 Å². The number of hydrogen-bond acceptors (Lipinski definition) is 3. The molecule has 1 fully saturated rings. The van der Waals surface area contributed by atoms with Crippen LogP contribution in [0.15, 0.2) is 18.3 Å². The summed E-state index contributed by atoms with van der Waals surface area (Å²) in [6.45, 7) is 2.87. The van der Waals surface area contributed by atoms with Crippen molar-refractivity contribution in [3.8, 4) is 0 Å². The number of ether oxygens (including phenoxy) is 1. The number of benzene rings is 1. The number of aromatic nitrogens is 2. The number of fused-ring (bicyclic) bond motifs is 1. The fourth-order valence-corrected chi connectivity index (χ4v) is 2.42. The number of nitrogens with two attached hydrogens (primary N) is 1. The number of aryl methyl sites for hydroxylation is 1. The summed E-state index contributed by atoms with van der Waals surface area (Å²) in [4.78, 5) is 0. The van der Waals surface area contributed by atoms with Gasteiger partial charge in [0.25, 0.3) is 0 Å². The Morgan fingerprint density at radius 2 is 2.29 bits per heavy atom. The fourth-order valence-electron chi connectivity index (χ4n) is 2.42. The van der Waals surface area contributed by atoms with Crippen LogP contribution in [0.4, 0.5) is 5.69 Å². The van der Waals surface area contributed by atoms with Crippen LogP contribution in [0, 0.1) is 6.92 Å². The highest BCUT2D eigenvalue weighted by atomic mass is 16.5. The van der Waals surface area contributed by atoms with E-state index in [1.54, 1.807) is 0 Å². The molecule has 1 aromatic carbocycles. The number of hydrogen-bond donors (Lipinski definition) is 1. The molecule has 90 valence electrons. The summed E-state index contributed by atoms with van der Waals surface area (Å²) in [6.07, 6.45) is 5.38. The van der Waals surface area contributed by atoms with Crippen LogP contribution < -0.4 is 5.73 Å². The summed E-state index contributed by atoms with van der Waals surface area (Å²) >= 11 is 0. The van der Waals surface area contributed by atoms with Crippen molar-refractivity contribution in [2.24, 2.45) is 0 Å². The van der Waals surface area contributed by atoms with Crippen molar-refractivity contribution < 1.29 is 4.74 Å². The third-order valence-electron chi connectivity index (χ3n) is 3.52. The molecule has 1 saturated heterocycles. The van der Waals surface area contributed by atoms with E-state index in [0.717, 1.165) is 41.6 Å². The lowest BCUT2D eigenvalue weighted by atomic mass is 10.1. The Hall–Kier alpha value is -1.55. The molecule has 0 aliphatic carbocycles. The first kappa shape index (κ1) is 10.6. The molecule has 4 nitrogen and oxygen atoms in total. The summed E-state index contributed by atoms with van der Waals surface area (Å²) in [5.74, 6) is 0. The maximum Gasteiger partial charge on any atom is 0.150 e. The van der Waals surface area contributed by atoms with Crippen LogP contribution in [-0.4, -0.2) is 16.4 Å². The minimum absolute atomic E-state index is 0.0873. The van der Waals surface area contributed by atoms with Gasteiger partial charge in [0.2, 0.25) is 0 Å². The van der Waals surface area contributed by atoms with E-state index in [0.29, 0.717) is 0 Å². The summed E-state index contributed by atoms with van der Waals surface area (Å²) in [5.41, 5.74) is 8.94. The molecule has 0 bridgehead atoms. The minimum atomic E-state index is 0.0873. The lowest BCUT2D eigenvalue weighted by Crippen LogP contribution is -2.18. The maximum atomic E-state index is 5.91. The SMILES string of the molecule is Cc1c(N)ccc2c1cnn2C1CCCCO1. The molecule has 1 aliphatic heterocycles. The number of rotatable bonds is 1. The van der Waals surface area contributed by atoms with Gasteiger partial charge in [-0.3, -0.25) is 0 Å². The van der Waals surface area contributed by atoms with E-state index in [2.05, 4.69) is 5.10 Å². The van der Waals surface area contributed by atoms with Gasteiger partial charge in [-0.05, 0) is 43.9 Å². The summed E-state index contributed by atoms with van der Waals surface area (Å²) in [7, 11) is 0. The van der Waals surface area contributed by atoms with E-state index in [9.17, 15) is 0 Å². The standard InChI is InChI=1S/C13H17N3O/c1-9-10-8-15-16(12(10)6-5-11(9)14)13-4-2-3-7-17-13/h5-6,8,13H,2-4,7,14H2,1H3. The van der Waals surface area contributed by atoms with Crippen molar-refractivity contribution in [2.75, 3.05) is 12.3 Å². The molecule has 0 spiro atoms. The van der Waals surface area contributed by atoms with Gasteiger partial charge in [0, 0.05) is 17.7 Å². The average Bonchev–Trinajstić information content (AvgIpc) is 2.79. The van der Waals surface area contributed by atoms with Crippen LogP contribution in [0.1, 0.15) is 31.1 Å². The van der Waals surface area contributed by atoms with E-state index in [-0.39, 0.29) is 6.23 Å². The molecule has 0 radical (unpaired) electrons. The number of anilines is 1. The fraction of sp³-hybridized carbons (Fsp3) is 0.462. The molecular weight excluding hydrogens is 214 g/mol. The highest BCUT2D eigenvalue weighted by Gasteiger charge is 2.19. The van der Waals surface area contributed by atoms with Crippen molar-refractivity contribution in [1.29, 1.82) is 0 Å². The second-order valence-electron chi connectivity index (χ2n) is 4.62. The topological polar surface area (TPSA) is 53.1 Å². The van der Waals surface area contributed by atoms with Crippen LogP contribution in [0.25, 0.3) is 10.9 Å².